The minimum atomic E-state index is -0.308. The number of benzene rings is 4. The molecule has 0 bridgehead atoms. The highest BCUT2D eigenvalue weighted by molar-refractivity contribution is 9.10. The van der Waals surface area contributed by atoms with Gasteiger partial charge in [0.25, 0.3) is 0 Å². The summed E-state index contributed by atoms with van der Waals surface area (Å²) in [6.07, 6.45) is 12.8. The molecule has 2 N–H and O–H groups in total. The van der Waals surface area contributed by atoms with Gasteiger partial charge in [-0.3, -0.25) is 19.6 Å². The third kappa shape index (κ3) is 10.8. The quantitative estimate of drug-likeness (QED) is 0.0932. The SMILES string of the molecule is CC(C(=O)Cc1ccc(F)c(Br)c1)C1C[C@H]2CC(c3ccnc4ccc(F)cc34)C[C@H]2C1.CC(C(=O)Cl)C1C[C@H]2CC(c3ccnc4ccc(F)cc34)C[C@H]2C1.Nc1ccc(F)c(Br)c1. The normalized spacial score (nSPS) is 25.2. The van der Waals surface area contributed by atoms with Crippen molar-refractivity contribution in [3.8, 4) is 0 Å². The van der Waals surface area contributed by atoms with Gasteiger partial charge >= 0.3 is 0 Å². The highest BCUT2D eigenvalue weighted by Crippen LogP contribution is 2.56. The molecule has 4 aliphatic carbocycles. The van der Waals surface area contributed by atoms with Gasteiger partial charge in [-0.1, -0.05) is 19.9 Å². The Bertz CT molecular complexity index is 2690. The van der Waals surface area contributed by atoms with Gasteiger partial charge in [-0.25, -0.2) is 17.6 Å². The van der Waals surface area contributed by atoms with E-state index in [9.17, 15) is 27.2 Å². The highest BCUT2D eigenvalue weighted by Gasteiger charge is 2.46. The molecule has 10 atom stereocenters. The molecule has 4 aromatic carbocycles. The van der Waals surface area contributed by atoms with Crippen molar-refractivity contribution in [1.82, 2.24) is 9.97 Å². The fraction of sp³-hybridized carbons (Fsp3) is 0.396. The average molecular weight is 1030 g/mol. The molecular formula is C53H52Br2ClF4N3O2. The van der Waals surface area contributed by atoms with Crippen LogP contribution in [0.15, 0.2) is 106 Å². The van der Waals surface area contributed by atoms with Crippen molar-refractivity contribution >= 4 is 82.0 Å². The average Bonchev–Trinajstić information content (AvgIpc) is 4.07. The largest absolute Gasteiger partial charge is 0.399 e. The molecule has 0 radical (unpaired) electrons. The van der Waals surface area contributed by atoms with Crippen LogP contribution in [0.5, 0.6) is 0 Å². The molecule has 5 nitrogen and oxygen atoms in total. The standard InChI is InChI=1S/C27H26BrF2NO.C20H21ClFNO.C6H5BrFN/c1-15(27(32)9-16-2-4-25(30)24(28)8-16)17-10-18-12-20(13-19(18)11-17)22-6-7-31-26-5-3-21(29)14-23(22)26;1-11(20(21)24)12-6-13-8-15(9-14(13)7-12)17-4-5-23-19-3-2-16(22)10-18(17)19;7-5-3-4(9)1-2-6(5)8/h2-8,14-15,17-20H,9-13H2,1H3;2-5,10-15H,6-9H2,1H3;1-3H,9H2/t15?,17?,18-,19+,20?;11?,12?,13-,14+,15?;. The van der Waals surface area contributed by atoms with Gasteiger partial charge in [0, 0.05) is 47.1 Å². The molecule has 2 heterocycles. The van der Waals surface area contributed by atoms with Crippen molar-refractivity contribution in [3.05, 3.63) is 146 Å². The van der Waals surface area contributed by atoms with Crippen LogP contribution in [0.1, 0.15) is 93.7 Å². The van der Waals surface area contributed by atoms with Crippen LogP contribution in [0.2, 0.25) is 0 Å². The maximum absolute atomic E-state index is 13.9. The van der Waals surface area contributed by atoms with Crippen LogP contribution in [0.3, 0.4) is 0 Å². The fourth-order valence-electron chi connectivity index (χ4n) is 11.6. The third-order valence-electron chi connectivity index (χ3n) is 15.0. The van der Waals surface area contributed by atoms with Crippen LogP contribution in [-0.4, -0.2) is 21.0 Å². The first-order valence-electron chi connectivity index (χ1n) is 22.6. The van der Waals surface area contributed by atoms with E-state index in [4.69, 9.17) is 17.3 Å². The van der Waals surface area contributed by atoms with E-state index in [0.29, 0.717) is 68.4 Å². The van der Waals surface area contributed by atoms with Crippen molar-refractivity contribution < 1.29 is 27.2 Å². The molecule has 10 rings (SSSR count). The molecular weight excluding hydrogens is 982 g/mol. The van der Waals surface area contributed by atoms with Gasteiger partial charge in [0.1, 0.15) is 29.1 Å². The monoisotopic (exact) mass is 1030 g/mol. The summed E-state index contributed by atoms with van der Waals surface area (Å²) in [5.41, 5.74) is 10.9. The number of rotatable bonds is 8. The molecule has 2 aromatic heterocycles. The molecule has 6 unspecified atom stereocenters. The van der Waals surface area contributed by atoms with E-state index in [0.717, 1.165) is 78.7 Å². The number of nitrogens with zero attached hydrogens (tertiary/aromatic N) is 2. The lowest BCUT2D eigenvalue weighted by Gasteiger charge is -2.21. The fourth-order valence-corrected chi connectivity index (χ4v) is 12.6. The van der Waals surface area contributed by atoms with Crippen molar-refractivity contribution in [2.24, 2.45) is 47.3 Å². The number of carbonyl (C=O) groups excluding carboxylic acids is 2. The van der Waals surface area contributed by atoms with E-state index in [2.05, 4.69) is 60.9 Å². The number of nitrogens with two attached hydrogens (primary N) is 1. The zero-order chi connectivity index (χ0) is 46.1. The number of fused-ring (bicyclic) bond motifs is 4. The number of ketones is 1. The first-order valence-corrected chi connectivity index (χ1v) is 24.5. The lowest BCUT2D eigenvalue weighted by atomic mass is 9.83. The van der Waals surface area contributed by atoms with E-state index in [1.165, 1.54) is 47.5 Å². The van der Waals surface area contributed by atoms with Crippen LogP contribution in [0.25, 0.3) is 21.8 Å². The first kappa shape index (κ1) is 47.3. The number of pyridine rings is 2. The van der Waals surface area contributed by atoms with E-state index in [-0.39, 0.29) is 46.1 Å². The van der Waals surface area contributed by atoms with Gasteiger partial charge in [-0.2, -0.15) is 0 Å². The van der Waals surface area contributed by atoms with Gasteiger partial charge < -0.3 is 5.73 Å². The highest BCUT2D eigenvalue weighted by atomic mass is 79.9. The van der Waals surface area contributed by atoms with E-state index >= 15 is 0 Å². The molecule has 65 heavy (non-hydrogen) atoms. The lowest BCUT2D eigenvalue weighted by Crippen LogP contribution is -2.21. The van der Waals surface area contributed by atoms with Crippen molar-refractivity contribution in [2.45, 2.75) is 83.5 Å². The van der Waals surface area contributed by atoms with Crippen LogP contribution >= 0.6 is 43.5 Å². The summed E-state index contributed by atoms with van der Waals surface area (Å²) in [6.45, 7) is 4.01. The summed E-state index contributed by atoms with van der Waals surface area (Å²) < 4.78 is 54.2. The number of halogens is 7. The maximum Gasteiger partial charge on any atom is 0.224 e. The van der Waals surface area contributed by atoms with Crippen molar-refractivity contribution in [2.75, 3.05) is 5.73 Å². The minimum Gasteiger partial charge on any atom is -0.399 e. The number of anilines is 1. The minimum absolute atomic E-state index is 0.0127. The Morgan fingerprint density at radius 1 is 0.615 bits per heavy atom. The summed E-state index contributed by atoms with van der Waals surface area (Å²) >= 11 is 11.9. The van der Waals surface area contributed by atoms with Gasteiger partial charge in [0.05, 0.1) is 20.0 Å². The van der Waals surface area contributed by atoms with E-state index in [1.54, 1.807) is 36.4 Å². The van der Waals surface area contributed by atoms with Crippen molar-refractivity contribution in [1.29, 1.82) is 0 Å². The van der Waals surface area contributed by atoms with E-state index < -0.39 is 0 Å². The molecule has 4 aliphatic rings. The Labute approximate surface area is 399 Å². The molecule has 0 spiro atoms. The van der Waals surface area contributed by atoms with Crippen LogP contribution in [-0.2, 0) is 16.0 Å². The van der Waals surface area contributed by atoms with Crippen LogP contribution in [0.4, 0.5) is 23.2 Å². The molecule has 4 saturated carbocycles. The van der Waals surface area contributed by atoms with E-state index in [1.807, 2.05) is 19.3 Å². The summed E-state index contributed by atoms with van der Waals surface area (Å²) in [4.78, 5) is 33.1. The van der Waals surface area contributed by atoms with Crippen LogP contribution < -0.4 is 5.73 Å². The van der Waals surface area contributed by atoms with Gasteiger partial charge in [0.15, 0.2) is 0 Å². The number of carbonyl (C=O) groups is 2. The Hall–Kier alpha value is -4.19. The van der Waals surface area contributed by atoms with Crippen LogP contribution in [0, 0.1) is 70.6 Å². The second kappa shape index (κ2) is 20.4. The Kier molecular flexibility index (Phi) is 14.8. The molecule has 12 heteroatoms. The Morgan fingerprint density at radius 2 is 1.06 bits per heavy atom. The Balaban J connectivity index is 0.000000153. The second-order valence-electron chi connectivity index (χ2n) is 18.9. The maximum atomic E-state index is 13.9. The predicted octanol–water partition coefficient (Wildman–Crippen LogP) is 14.7. The van der Waals surface area contributed by atoms with Crippen molar-refractivity contribution in [3.63, 3.8) is 0 Å². The zero-order valence-electron chi connectivity index (χ0n) is 36.3. The summed E-state index contributed by atoms with van der Waals surface area (Å²) in [5.74, 6) is 3.50. The first-order chi connectivity index (χ1) is 31.1. The molecule has 6 aromatic rings. The summed E-state index contributed by atoms with van der Waals surface area (Å²) in [7, 11) is 0. The summed E-state index contributed by atoms with van der Waals surface area (Å²) in [6, 6.07) is 22.9. The number of hydrogen-bond acceptors (Lipinski definition) is 5. The molecule has 340 valence electrons. The molecule has 0 amide bonds. The number of hydrogen-bond donors (Lipinski definition) is 1. The zero-order valence-corrected chi connectivity index (χ0v) is 40.2. The number of nitrogen functional groups attached to an aromatic ring is 1. The van der Waals surface area contributed by atoms with Gasteiger partial charge in [-0.05, 0) is 238 Å². The number of Topliss-reactive ketones (excluding diaryl/α,β-unsaturated/α-hetero) is 1. The van der Waals surface area contributed by atoms with Gasteiger partial charge in [-0.15, -0.1) is 0 Å². The third-order valence-corrected chi connectivity index (χ3v) is 16.6. The smallest absolute Gasteiger partial charge is 0.224 e. The number of aromatic nitrogens is 2. The molecule has 4 fully saturated rings. The molecule has 0 aliphatic heterocycles. The predicted molar refractivity (Wildman–Crippen MR) is 257 cm³/mol. The summed E-state index contributed by atoms with van der Waals surface area (Å²) in [5, 5.41) is 1.68. The van der Waals surface area contributed by atoms with Gasteiger partial charge in [0.2, 0.25) is 5.24 Å². The topological polar surface area (TPSA) is 85.9 Å². The Morgan fingerprint density at radius 3 is 1.49 bits per heavy atom. The lowest BCUT2D eigenvalue weighted by molar-refractivity contribution is -0.123. The molecule has 0 saturated heterocycles. The second-order valence-corrected chi connectivity index (χ2v) is 21.0.